The first-order valence-corrected chi connectivity index (χ1v) is 10.2. The number of ether oxygens (including phenoxy) is 2. The average Bonchev–Trinajstić information content (AvgIpc) is 3.25. The SMILES string of the molecule is O=C(CSc1nncn1-c1ccccc1)NC(=O)NCC1COc2ccccc2O1. The van der Waals surface area contributed by atoms with Gasteiger partial charge in [0, 0.05) is 5.69 Å². The highest BCUT2D eigenvalue weighted by atomic mass is 32.2. The molecule has 1 aromatic heterocycles. The van der Waals surface area contributed by atoms with Gasteiger partial charge in [-0.3, -0.25) is 14.7 Å². The van der Waals surface area contributed by atoms with Gasteiger partial charge in [0.1, 0.15) is 12.9 Å². The Morgan fingerprint density at radius 2 is 1.87 bits per heavy atom. The van der Waals surface area contributed by atoms with Gasteiger partial charge in [0.25, 0.3) is 0 Å². The van der Waals surface area contributed by atoms with Gasteiger partial charge in [-0.2, -0.15) is 0 Å². The monoisotopic (exact) mass is 425 g/mol. The third-order valence-electron chi connectivity index (χ3n) is 4.19. The van der Waals surface area contributed by atoms with Crippen LogP contribution in [0.4, 0.5) is 4.79 Å². The Hall–Kier alpha value is -3.53. The van der Waals surface area contributed by atoms with E-state index in [1.807, 2.05) is 48.5 Å². The molecular weight excluding hydrogens is 406 g/mol. The zero-order valence-electron chi connectivity index (χ0n) is 15.9. The summed E-state index contributed by atoms with van der Waals surface area (Å²) in [6.07, 6.45) is 1.24. The number of thioether (sulfide) groups is 1. The lowest BCUT2D eigenvalue weighted by Gasteiger charge is -2.26. The van der Waals surface area contributed by atoms with E-state index >= 15 is 0 Å². The molecule has 0 saturated heterocycles. The third-order valence-corrected chi connectivity index (χ3v) is 5.14. The molecule has 9 nitrogen and oxygen atoms in total. The van der Waals surface area contributed by atoms with E-state index in [2.05, 4.69) is 20.8 Å². The maximum atomic E-state index is 12.1. The van der Waals surface area contributed by atoms with Gasteiger partial charge in [-0.1, -0.05) is 42.1 Å². The van der Waals surface area contributed by atoms with Crippen molar-refractivity contribution in [1.29, 1.82) is 0 Å². The summed E-state index contributed by atoms with van der Waals surface area (Å²) in [6.45, 7) is 0.527. The molecule has 2 heterocycles. The van der Waals surface area contributed by atoms with E-state index < -0.39 is 11.9 Å². The Labute approximate surface area is 176 Å². The molecule has 3 aromatic rings. The number of fused-ring (bicyclic) bond motifs is 1. The van der Waals surface area contributed by atoms with Crippen LogP contribution in [0.25, 0.3) is 5.69 Å². The molecule has 0 radical (unpaired) electrons. The highest BCUT2D eigenvalue weighted by molar-refractivity contribution is 7.99. The number of carbonyl (C=O) groups excluding carboxylic acids is 2. The van der Waals surface area contributed by atoms with Crippen molar-refractivity contribution in [3.8, 4) is 17.2 Å². The average molecular weight is 425 g/mol. The number of amides is 3. The molecule has 2 aromatic carbocycles. The van der Waals surface area contributed by atoms with Crippen LogP contribution in [-0.4, -0.2) is 51.7 Å². The van der Waals surface area contributed by atoms with Crippen molar-refractivity contribution in [2.45, 2.75) is 11.3 Å². The fourth-order valence-electron chi connectivity index (χ4n) is 2.80. The topological polar surface area (TPSA) is 107 Å². The number of para-hydroxylation sites is 3. The standard InChI is InChI=1S/C20H19N5O4S/c26-18(12-30-20-24-22-13-25(20)14-6-2-1-3-7-14)23-19(27)21-10-15-11-28-16-8-4-5-9-17(16)29-15/h1-9,13,15H,10-12H2,(H2,21,23,26,27). The number of hydrogen-bond acceptors (Lipinski definition) is 7. The van der Waals surface area contributed by atoms with E-state index in [1.165, 1.54) is 11.8 Å². The molecule has 1 unspecified atom stereocenters. The minimum atomic E-state index is -0.590. The van der Waals surface area contributed by atoms with E-state index in [1.54, 1.807) is 17.0 Å². The second kappa shape index (κ2) is 9.31. The van der Waals surface area contributed by atoms with Crippen LogP contribution in [0.2, 0.25) is 0 Å². The molecule has 1 aliphatic heterocycles. The zero-order valence-corrected chi connectivity index (χ0v) is 16.7. The first-order chi connectivity index (χ1) is 14.7. The molecule has 10 heteroatoms. The summed E-state index contributed by atoms with van der Waals surface area (Å²) >= 11 is 1.19. The summed E-state index contributed by atoms with van der Waals surface area (Å²) in [7, 11) is 0. The van der Waals surface area contributed by atoms with Crippen molar-refractivity contribution in [1.82, 2.24) is 25.4 Å². The summed E-state index contributed by atoms with van der Waals surface area (Å²) in [5, 5.41) is 13.4. The van der Waals surface area contributed by atoms with Crippen LogP contribution in [0.5, 0.6) is 11.5 Å². The van der Waals surface area contributed by atoms with Crippen LogP contribution in [0.15, 0.2) is 66.1 Å². The molecule has 0 aliphatic carbocycles. The van der Waals surface area contributed by atoms with Crippen LogP contribution in [0, 0.1) is 0 Å². The Kier molecular flexibility index (Phi) is 6.14. The van der Waals surface area contributed by atoms with Crippen molar-refractivity contribution in [3.63, 3.8) is 0 Å². The number of nitrogens with zero attached hydrogens (tertiary/aromatic N) is 3. The molecule has 0 fully saturated rings. The number of rotatable bonds is 6. The van der Waals surface area contributed by atoms with Crippen LogP contribution < -0.4 is 20.1 Å². The fraction of sp³-hybridized carbons (Fsp3) is 0.200. The summed E-state index contributed by atoms with van der Waals surface area (Å²) < 4.78 is 13.1. The predicted molar refractivity (Wildman–Crippen MR) is 110 cm³/mol. The van der Waals surface area contributed by atoms with Gasteiger partial charge in [0.2, 0.25) is 5.91 Å². The quantitative estimate of drug-likeness (QED) is 0.582. The normalized spacial score (nSPS) is 14.7. The first kappa shape index (κ1) is 19.8. The number of imide groups is 1. The van der Waals surface area contributed by atoms with Gasteiger partial charge in [-0.25, -0.2) is 4.79 Å². The number of carbonyl (C=O) groups is 2. The highest BCUT2D eigenvalue weighted by Gasteiger charge is 2.21. The summed E-state index contributed by atoms with van der Waals surface area (Å²) in [5.41, 5.74) is 0.888. The number of urea groups is 1. The number of benzene rings is 2. The van der Waals surface area contributed by atoms with Crippen molar-refractivity contribution < 1.29 is 19.1 Å². The number of nitrogens with one attached hydrogen (secondary N) is 2. The lowest BCUT2D eigenvalue weighted by atomic mass is 10.2. The molecule has 4 rings (SSSR count). The lowest BCUT2D eigenvalue weighted by Crippen LogP contribution is -2.46. The molecule has 0 saturated carbocycles. The molecule has 30 heavy (non-hydrogen) atoms. The highest BCUT2D eigenvalue weighted by Crippen LogP contribution is 2.30. The maximum absolute atomic E-state index is 12.1. The van der Waals surface area contributed by atoms with Gasteiger partial charge in [-0.05, 0) is 24.3 Å². The van der Waals surface area contributed by atoms with Crippen LogP contribution in [0.1, 0.15) is 0 Å². The van der Waals surface area contributed by atoms with E-state index in [0.29, 0.717) is 23.3 Å². The Balaban J connectivity index is 1.22. The van der Waals surface area contributed by atoms with Gasteiger partial charge < -0.3 is 14.8 Å². The maximum Gasteiger partial charge on any atom is 0.321 e. The smallest absolute Gasteiger partial charge is 0.321 e. The molecule has 1 aliphatic rings. The molecule has 0 bridgehead atoms. The minimum absolute atomic E-state index is 0.0232. The summed E-state index contributed by atoms with van der Waals surface area (Å²) in [5.74, 6) is 0.890. The summed E-state index contributed by atoms with van der Waals surface area (Å²) in [6, 6.07) is 16.3. The van der Waals surface area contributed by atoms with Crippen LogP contribution in [0.3, 0.4) is 0 Å². The zero-order chi connectivity index (χ0) is 20.8. The van der Waals surface area contributed by atoms with Gasteiger partial charge in [0.15, 0.2) is 22.8 Å². The Bertz CT molecular complexity index is 1030. The Morgan fingerprint density at radius 1 is 1.10 bits per heavy atom. The van der Waals surface area contributed by atoms with E-state index in [0.717, 1.165) is 5.69 Å². The van der Waals surface area contributed by atoms with E-state index in [9.17, 15) is 9.59 Å². The van der Waals surface area contributed by atoms with Crippen molar-refractivity contribution in [3.05, 3.63) is 60.9 Å². The minimum Gasteiger partial charge on any atom is -0.486 e. The van der Waals surface area contributed by atoms with E-state index in [-0.39, 0.29) is 18.4 Å². The molecule has 2 N–H and O–H groups in total. The van der Waals surface area contributed by atoms with Crippen LogP contribution >= 0.6 is 11.8 Å². The fourth-order valence-corrected chi connectivity index (χ4v) is 3.52. The molecule has 3 amide bonds. The molecule has 1 atom stereocenters. The predicted octanol–water partition coefficient (Wildman–Crippen LogP) is 2.03. The first-order valence-electron chi connectivity index (χ1n) is 9.23. The van der Waals surface area contributed by atoms with Crippen molar-refractivity contribution >= 4 is 23.7 Å². The van der Waals surface area contributed by atoms with Gasteiger partial charge in [-0.15, -0.1) is 10.2 Å². The van der Waals surface area contributed by atoms with Crippen LogP contribution in [-0.2, 0) is 4.79 Å². The number of hydrogen-bond donors (Lipinski definition) is 2. The lowest BCUT2D eigenvalue weighted by molar-refractivity contribution is -0.117. The largest absolute Gasteiger partial charge is 0.486 e. The second-order valence-corrected chi connectivity index (χ2v) is 7.31. The summed E-state index contributed by atoms with van der Waals surface area (Å²) in [4.78, 5) is 24.1. The van der Waals surface area contributed by atoms with Crippen molar-refractivity contribution in [2.75, 3.05) is 18.9 Å². The van der Waals surface area contributed by atoms with Gasteiger partial charge >= 0.3 is 6.03 Å². The second-order valence-electron chi connectivity index (χ2n) is 6.36. The van der Waals surface area contributed by atoms with Gasteiger partial charge in [0.05, 0.1) is 12.3 Å². The molecule has 154 valence electrons. The Morgan fingerprint density at radius 3 is 2.70 bits per heavy atom. The molecule has 0 spiro atoms. The molecular formula is C20H19N5O4S. The number of aromatic nitrogens is 3. The van der Waals surface area contributed by atoms with E-state index in [4.69, 9.17) is 9.47 Å². The third kappa shape index (κ3) is 4.90. The van der Waals surface area contributed by atoms with Crippen molar-refractivity contribution in [2.24, 2.45) is 0 Å².